The van der Waals surface area contributed by atoms with Gasteiger partial charge in [-0.05, 0) is 81.2 Å². The van der Waals surface area contributed by atoms with Gasteiger partial charge in [0.25, 0.3) is 0 Å². The zero-order valence-corrected chi connectivity index (χ0v) is 16.4. The van der Waals surface area contributed by atoms with Crippen LogP contribution < -0.4 is 10.1 Å². The maximum absolute atomic E-state index is 6.14. The molecule has 4 nitrogen and oxygen atoms in total. The smallest absolute Gasteiger partial charge is 0.142 e. The summed E-state index contributed by atoms with van der Waals surface area (Å²) in [5, 5.41) is 4.74. The molecule has 1 fully saturated rings. The molecule has 5 heteroatoms. The van der Waals surface area contributed by atoms with Crippen LogP contribution in [-0.2, 0) is 12.8 Å². The van der Waals surface area contributed by atoms with Crippen molar-refractivity contribution in [3.05, 3.63) is 41.0 Å². The van der Waals surface area contributed by atoms with Gasteiger partial charge in [-0.2, -0.15) is 0 Å². The van der Waals surface area contributed by atoms with E-state index in [0.29, 0.717) is 6.10 Å². The maximum Gasteiger partial charge on any atom is 0.142 e. The molecule has 0 atom stereocenters. The van der Waals surface area contributed by atoms with Crippen LogP contribution in [0.15, 0.2) is 30.6 Å². The van der Waals surface area contributed by atoms with Crippen LogP contribution in [0.2, 0.25) is 0 Å². The fourth-order valence-corrected chi connectivity index (χ4v) is 5.54. The van der Waals surface area contributed by atoms with E-state index in [4.69, 9.17) is 4.74 Å². The Balaban J connectivity index is 1.36. The van der Waals surface area contributed by atoms with Gasteiger partial charge in [-0.25, -0.2) is 9.97 Å². The van der Waals surface area contributed by atoms with Gasteiger partial charge in [0, 0.05) is 10.6 Å². The summed E-state index contributed by atoms with van der Waals surface area (Å²) >= 11 is 1.84. The molecule has 1 aromatic carbocycles. The van der Waals surface area contributed by atoms with Crippen molar-refractivity contribution in [2.75, 3.05) is 5.32 Å². The Morgan fingerprint density at radius 1 is 0.926 bits per heavy atom. The lowest BCUT2D eigenvalue weighted by Crippen LogP contribution is -2.19. The monoisotopic (exact) mass is 379 g/mol. The Hall–Kier alpha value is -2.14. The molecule has 2 heterocycles. The summed E-state index contributed by atoms with van der Waals surface area (Å²) in [5.74, 6) is 1.90. The normalized spacial score (nSPS) is 17.6. The highest BCUT2D eigenvalue weighted by atomic mass is 32.1. The first kappa shape index (κ1) is 17.0. The van der Waals surface area contributed by atoms with Gasteiger partial charge in [0.15, 0.2) is 0 Å². The van der Waals surface area contributed by atoms with E-state index in [1.54, 1.807) is 6.33 Å². The number of benzene rings is 1. The Morgan fingerprint density at radius 3 is 2.59 bits per heavy atom. The number of rotatable bonds is 4. The molecule has 1 saturated carbocycles. The minimum atomic E-state index is 0.386. The van der Waals surface area contributed by atoms with Gasteiger partial charge in [-0.1, -0.05) is 6.42 Å². The summed E-state index contributed by atoms with van der Waals surface area (Å²) in [7, 11) is 0. The van der Waals surface area contributed by atoms with Crippen molar-refractivity contribution < 1.29 is 4.74 Å². The first-order chi connectivity index (χ1) is 13.4. The number of hydrogen-bond acceptors (Lipinski definition) is 5. The predicted molar refractivity (Wildman–Crippen MR) is 111 cm³/mol. The van der Waals surface area contributed by atoms with Crippen LogP contribution in [0, 0.1) is 0 Å². The topological polar surface area (TPSA) is 47.0 Å². The number of ether oxygens (including phenoxy) is 1. The van der Waals surface area contributed by atoms with Crippen LogP contribution in [0.3, 0.4) is 0 Å². The number of nitrogens with one attached hydrogen (secondary N) is 1. The highest BCUT2D eigenvalue weighted by Gasteiger charge is 2.20. The summed E-state index contributed by atoms with van der Waals surface area (Å²) < 4.78 is 6.14. The van der Waals surface area contributed by atoms with E-state index in [2.05, 4.69) is 39.6 Å². The second-order valence-corrected chi connectivity index (χ2v) is 8.72. The fraction of sp³-hybridized carbons (Fsp3) is 0.455. The first-order valence-electron chi connectivity index (χ1n) is 10.2. The molecule has 2 aliphatic rings. The largest absolute Gasteiger partial charge is 0.490 e. The lowest BCUT2D eigenvalue weighted by molar-refractivity contribution is 0.155. The van der Waals surface area contributed by atoms with E-state index >= 15 is 0 Å². The summed E-state index contributed by atoms with van der Waals surface area (Å²) in [6.07, 6.45) is 13.2. The number of fused-ring (bicyclic) bond motifs is 3. The molecule has 1 N–H and O–H groups in total. The Bertz CT molecular complexity index is 929. The van der Waals surface area contributed by atoms with Crippen molar-refractivity contribution in [2.24, 2.45) is 0 Å². The number of aromatic nitrogens is 2. The molecule has 2 aliphatic carbocycles. The minimum Gasteiger partial charge on any atom is -0.490 e. The van der Waals surface area contributed by atoms with Crippen LogP contribution in [0.25, 0.3) is 10.2 Å². The van der Waals surface area contributed by atoms with Gasteiger partial charge in [0.05, 0.1) is 11.5 Å². The quantitative estimate of drug-likeness (QED) is 0.601. The Labute approximate surface area is 164 Å². The Kier molecular flexibility index (Phi) is 4.70. The molecule has 0 radical (unpaired) electrons. The number of hydrogen-bond donors (Lipinski definition) is 1. The molecular formula is C22H25N3OS. The molecular weight excluding hydrogens is 354 g/mol. The SMILES string of the molecule is c1nc(Nc2ccc(OC3CCCCC3)cc2)c2c3c(sc2n1)CCCC3. The van der Waals surface area contributed by atoms with E-state index < -0.39 is 0 Å². The average Bonchev–Trinajstić information content (AvgIpc) is 3.10. The van der Waals surface area contributed by atoms with Crippen molar-refractivity contribution in [1.82, 2.24) is 9.97 Å². The number of thiophene rings is 1. The van der Waals surface area contributed by atoms with E-state index in [1.807, 2.05) is 11.3 Å². The van der Waals surface area contributed by atoms with Gasteiger partial charge in [0.2, 0.25) is 0 Å². The average molecular weight is 380 g/mol. The van der Waals surface area contributed by atoms with Crippen molar-refractivity contribution >= 4 is 33.1 Å². The maximum atomic E-state index is 6.14. The zero-order chi connectivity index (χ0) is 18.1. The molecule has 0 saturated heterocycles. The standard InChI is InChI=1S/C22H25N3OS/c1-2-6-16(7-3-1)26-17-12-10-15(11-13-17)25-21-20-18-8-4-5-9-19(18)27-22(20)24-14-23-21/h10-14,16H,1-9H2,(H,23,24,25). The van der Waals surface area contributed by atoms with Crippen molar-refractivity contribution in [3.8, 4) is 5.75 Å². The lowest BCUT2D eigenvalue weighted by atomic mass is 9.97. The van der Waals surface area contributed by atoms with Crippen LogP contribution in [0.4, 0.5) is 11.5 Å². The third kappa shape index (κ3) is 3.53. The van der Waals surface area contributed by atoms with Crippen LogP contribution in [-0.4, -0.2) is 16.1 Å². The van der Waals surface area contributed by atoms with Crippen molar-refractivity contribution in [3.63, 3.8) is 0 Å². The number of nitrogens with zero attached hydrogens (tertiary/aromatic N) is 2. The molecule has 3 aromatic rings. The van der Waals surface area contributed by atoms with E-state index in [0.717, 1.165) is 28.5 Å². The van der Waals surface area contributed by atoms with Crippen LogP contribution in [0.1, 0.15) is 55.4 Å². The predicted octanol–water partition coefficient (Wildman–Crippen LogP) is 6.03. The van der Waals surface area contributed by atoms with Gasteiger partial charge in [-0.3, -0.25) is 0 Å². The summed E-state index contributed by atoms with van der Waals surface area (Å²) in [6, 6.07) is 8.31. The summed E-state index contributed by atoms with van der Waals surface area (Å²) in [4.78, 5) is 11.7. The van der Waals surface area contributed by atoms with Gasteiger partial charge >= 0.3 is 0 Å². The molecule has 27 heavy (non-hydrogen) atoms. The van der Waals surface area contributed by atoms with E-state index in [1.165, 1.54) is 67.2 Å². The molecule has 5 rings (SSSR count). The molecule has 0 aliphatic heterocycles. The third-order valence-corrected chi connectivity index (χ3v) is 6.92. The number of anilines is 2. The van der Waals surface area contributed by atoms with Gasteiger partial charge in [-0.15, -0.1) is 11.3 Å². The highest BCUT2D eigenvalue weighted by Crippen LogP contribution is 2.39. The number of aryl methyl sites for hydroxylation is 2. The minimum absolute atomic E-state index is 0.386. The molecule has 0 bridgehead atoms. The summed E-state index contributed by atoms with van der Waals surface area (Å²) in [6.45, 7) is 0. The molecule has 140 valence electrons. The van der Waals surface area contributed by atoms with Gasteiger partial charge < -0.3 is 10.1 Å². The lowest BCUT2D eigenvalue weighted by Gasteiger charge is -2.23. The zero-order valence-electron chi connectivity index (χ0n) is 15.5. The van der Waals surface area contributed by atoms with Crippen LogP contribution in [0.5, 0.6) is 5.75 Å². The van der Waals surface area contributed by atoms with Crippen molar-refractivity contribution in [1.29, 1.82) is 0 Å². The highest BCUT2D eigenvalue weighted by molar-refractivity contribution is 7.19. The fourth-order valence-electron chi connectivity index (χ4n) is 4.31. The third-order valence-electron chi connectivity index (χ3n) is 5.72. The second-order valence-electron chi connectivity index (χ2n) is 7.64. The van der Waals surface area contributed by atoms with E-state index in [-0.39, 0.29) is 0 Å². The first-order valence-corrected chi connectivity index (χ1v) is 11.0. The van der Waals surface area contributed by atoms with Crippen molar-refractivity contribution in [2.45, 2.75) is 63.9 Å². The molecule has 0 unspecified atom stereocenters. The molecule has 0 amide bonds. The molecule has 0 spiro atoms. The van der Waals surface area contributed by atoms with Gasteiger partial charge in [0.1, 0.15) is 22.7 Å². The Morgan fingerprint density at radius 2 is 1.74 bits per heavy atom. The molecule has 2 aromatic heterocycles. The van der Waals surface area contributed by atoms with E-state index in [9.17, 15) is 0 Å². The summed E-state index contributed by atoms with van der Waals surface area (Å²) in [5.41, 5.74) is 2.50. The second kappa shape index (κ2) is 7.47. The van der Waals surface area contributed by atoms with Crippen LogP contribution >= 0.6 is 11.3 Å².